The highest BCUT2D eigenvalue weighted by Crippen LogP contribution is 2.59. The van der Waals surface area contributed by atoms with Gasteiger partial charge in [0, 0.05) is 10.9 Å². The maximum atomic E-state index is 6.46. The number of ether oxygens (including phenoxy) is 1. The van der Waals surface area contributed by atoms with Crippen molar-refractivity contribution in [2.75, 3.05) is 0 Å². The van der Waals surface area contributed by atoms with Crippen molar-refractivity contribution in [2.24, 2.45) is 0 Å². The van der Waals surface area contributed by atoms with Crippen LogP contribution in [0.5, 0.6) is 11.5 Å². The van der Waals surface area contributed by atoms with E-state index in [1.54, 1.807) is 0 Å². The van der Waals surface area contributed by atoms with Gasteiger partial charge in [-0.2, -0.15) is 0 Å². The summed E-state index contributed by atoms with van der Waals surface area (Å²) in [5, 5.41) is 2.38. The van der Waals surface area contributed by atoms with Gasteiger partial charge in [-0.1, -0.05) is 140 Å². The normalized spacial score (nSPS) is 13.6. The summed E-state index contributed by atoms with van der Waals surface area (Å²) < 4.78 is 6.46. The van der Waals surface area contributed by atoms with Crippen molar-refractivity contribution in [3.8, 4) is 44.9 Å². The van der Waals surface area contributed by atoms with Crippen LogP contribution in [-0.2, 0) is 5.41 Å². The Kier molecular flexibility index (Phi) is 4.88. The van der Waals surface area contributed by atoms with E-state index in [0.717, 1.165) is 17.1 Å². The zero-order chi connectivity index (χ0) is 27.7. The van der Waals surface area contributed by atoms with Crippen molar-refractivity contribution in [3.05, 3.63) is 180 Å². The van der Waals surface area contributed by atoms with E-state index in [-0.39, 0.29) is 0 Å². The predicted octanol–water partition coefficient (Wildman–Crippen LogP) is 10.6. The minimum absolute atomic E-state index is 0.454. The molecule has 7 aromatic carbocycles. The van der Waals surface area contributed by atoms with Crippen molar-refractivity contribution < 1.29 is 4.74 Å². The Balaban J connectivity index is 1.37. The molecular formula is C41H26O. The second kappa shape index (κ2) is 8.80. The van der Waals surface area contributed by atoms with E-state index in [1.165, 1.54) is 60.8 Å². The van der Waals surface area contributed by atoms with E-state index in [2.05, 4.69) is 158 Å². The summed E-state index contributed by atoms with van der Waals surface area (Å²) in [7, 11) is 0. The molecule has 1 nitrogen and oxygen atoms in total. The molecule has 0 N–H and O–H groups in total. The van der Waals surface area contributed by atoms with Crippen LogP contribution in [0.2, 0.25) is 0 Å². The molecule has 1 heterocycles. The molecule has 0 atom stereocenters. The van der Waals surface area contributed by atoms with E-state index in [4.69, 9.17) is 4.74 Å². The highest BCUT2D eigenvalue weighted by atomic mass is 16.5. The van der Waals surface area contributed by atoms with Crippen LogP contribution in [-0.4, -0.2) is 0 Å². The molecule has 7 aromatic rings. The zero-order valence-electron chi connectivity index (χ0n) is 22.9. The lowest BCUT2D eigenvalue weighted by molar-refractivity contribution is 0.487. The highest BCUT2D eigenvalue weighted by molar-refractivity contribution is 6.05. The molecule has 2 aliphatic rings. The molecule has 9 rings (SSSR count). The van der Waals surface area contributed by atoms with Gasteiger partial charge in [0.2, 0.25) is 0 Å². The van der Waals surface area contributed by atoms with E-state index in [1.807, 2.05) is 0 Å². The van der Waals surface area contributed by atoms with Crippen LogP contribution in [0.4, 0.5) is 0 Å². The summed E-state index contributed by atoms with van der Waals surface area (Å²) in [5.41, 5.74) is 12.1. The van der Waals surface area contributed by atoms with Crippen molar-refractivity contribution in [1.29, 1.82) is 0 Å². The number of rotatable bonds is 3. The van der Waals surface area contributed by atoms with E-state index in [0.29, 0.717) is 0 Å². The standard InChI is InChI=1S/C41H26O/c1-3-14-29(15-4-1)41(30-16-5-2-6-17-30)36-22-8-7-18-32(36)34-21-11-19-31(40(34)41)28-24-25-37-35(26-28)33-20-9-12-27-13-10-23-38(42-37)39(27)33/h1-26H. The second-order valence-electron chi connectivity index (χ2n) is 11.2. The van der Waals surface area contributed by atoms with Gasteiger partial charge in [0.1, 0.15) is 11.5 Å². The van der Waals surface area contributed by atoms with Gasteiger partial charge in [0.25, 0.3) is 0 Å². The van der Waals surface area contributed by atoms with Gasteiger partial charge in [0.05, 0.1) is 5.41 Å². The molecule has 0 unspecified atom stereocenters. The first kappa shape index (κ1) is 23.3. The summed E-state index contributed by atoms with van der Waals surface area (Å²) in [6.45, 7) is 0. The average molecular weight is 535 g/mol. The topological polar surface area (TPSA) is 9.23 Å². The van der Waals surface area contributed by atoms with Gasteiger partial charge in [-0.25, -0.2) is 0 Å². The lowest BCUT2D eigenvalue weighted by atomic mass is 9.66. The molecule has 0 saturated heterocycles. The first-order chi connectivity index (χ1) is 20.8. The third-order valence-electron chi connectivity index (χ3n) is 9.14. The fraction of sp³-hybridized carbons (Fsp3) is 0.0244. The molecule has 0 bridgehead atoms. The molecule has 0 spiro atoms. The van der Waals surface area contributed by atoms with Gasteiger partial charge in [0.15, 0.2) is 0 Å². The van der Waals surface area contributed by atoms with Crippen molar-refractivity contribution in [1.82, 2.24) is 0 Å². The SMILES string of the molecule is c1ccc(C2(c3ccccc3)c3ccccc3-c3cccc(-c4ccc5c(c4)-c4cccc6cccc(c46)O5)c32)cc1. The maximum Gasteiger partial charge on any atom is 0.135 e. The molecule has 0 radical (unpaired) electrons. The second-order valence-corrected chi connectivity index (χ2v) is 11.2. The molecule has 1 aliphatic carbocycles. The minimum atomic E-state index is -0.454. The third kappa shape index (κ3) is 3.08. The Morgan fingerprint density at radius 1 is 0.405 bits per heavy atom. The van der Waals surface area contributed by atoms with Crippen LogP contribution in [0.1, 0.15) is 22.3 Å². The van der Waals surface area contributed by atoms with Crippen molar-refractivity contribution >= 4 is 10.8 Å². The molecule has 1 aliphatic heterocycles. The number of benzene rings is 7. The van der Waals surface area contributed by atoms with Crippen LogP contribution in [0, 0.1) is 0 Å². The zero-order valence-corrected chi connectivity index (χ0v) is 22.9. The largest absolute Gasteiger partial charge is 0.456 e. The summed E-state index contributed by atoms with van der Waals surface area (Å²) in [5.74, 6) is 1.82. The highest BCUT2D eigenvalue weighted by Gasteiger charge is 2.47. The Hall–Kier alpha value is -5.40. The number of hydrogen-bond acceptors (Lipinski definition) is 1. The summed E-state index contributed by atoms with van der Waals surface area (Å²) >= 11 is 0. The lowest BCUT2D eigenvalue weighted by Gasteiger charge is -2.35. The molecule has 0 aromatic heterocycles. The first-order valence-electron chi connectivity index (χ1n) is 14.5. The quantitative estimate of drug-likeness (QED) is 0.219. The van der Waals surface area contributed by atoms with Crippen molar-refractivity contribution in [2.45, 2.75) is 5.41 Å². The number of hydrogen-bond donors (Lipinski definition) is 0. The Labute approximate surface area is 245 Å². The summed E-state index contributed by atoms with van der Waals surface area (Å²) in [6.07, 6.45) is 0. The number of fused-ring (bicyclic) bond motifs is 5. The molecule has 0 amide bonds. The van der Waals surface area contributed by atoms with Gasteiger partial charge in [-0.3, -0.25) is 0 Å². The van der Waals surface area contributed by atoms with Gasteiger partial charge >= 0.3 is 0 Å². The maximum absolute atomic E-state index is 6.46. The van der Waals surface area contributed by atoms with E-state index >= 15 is 0 Å². The van der Waals surface area contributed by atoms with Crippen LogP contribution >= 0.6 is 0 Å². The molecule has 0 saturated carbocycles. The summed E-state index contributed by atoms with van der Waals surface area (Å²) in [6, 6.07) is 57.3. The summed E-state index contributed by atoms with van der Waals surface area (Å²) in [4.78, 5) is 0. The fourth-order valence-electron chi connectivity index (χ4n) is 7.48. The van der Waals surface area contributed by atoms with E-state index in [9.17, 15) is 0 Å². The van der Waals surface area contributed by atoms with Gasteiger partial charge in [-0.05, 0) is 73.7 Å². The minimum Gasteiger partial charge on any atom is -0.456 e. The third-order valence-corrected chi connectivity index (χ3v) is 9.14. The molecule has 0 fully saturated rings. The average Bonchev–Trinajstić information content (AvgIpc) is 3.37. The first-order valence-corrected chi connectivity index (χ1v) is 14.5. The Bertz CT molecular complexity index is 2110. The lowest BCUT2D eigenvalue weighted by Crippen LogP contribution is -2.29. The molecule has 196 valence electrons. The van der Waals surface area contributed by atoms with Crippen molar-refractivity contribution in [3.63, 3.8) is 0 Å². The van der Waals surface area contributed by atoms with Gasteiger partial charge in [-0.15, -0.1) is 0 Å². The molecule has 42 heavy (non-hydrogen) atoms. The van der Waals surface area contributed by atoms with Crippen LogP contribution in [0.15, 0.2) is 158 Å². The van der Waals surface area contributed by atoms with Crippen LogP contribution in [0.25, 0.3) is 44.2 Å². The molecule has 1 heteroatoms. The van der Waals surface area contributed by atoms with Gasteiger partial charge < -0.3 is 4.74 Å². The Morgan fingerprint density at radius 3 is 1.81 bits per heavy atom. The molecular weight excluding hydrogens is 508 g/mol. The van der Waals surface area contributed by atoms with E-state index < -0.39 is 5.41 Å². The predicted molar refractivity (Wildman–Crippen MR) is 172 cm³/mol. The fourth-order valence-corrected chi connectivity index (χ4v) is 7.48. The smallest absolute Gasteiger partial charge is 0.135 e. The van der Waals surface area contributed by atoms with Crippen LogP contribution < -0.4 is 4.74 Å². The van der Waals surface area contributed by atoms with Crippen LogP contribution in [0.3, 0.4) is 0 Å². The monoisotopic (exact) mass is 534 g/mol. The Morgan fingerprint density at radius 2 is 1.02 bits per heavy atom.